The molecule has 1 aliphatic rings. The lowest BCUT2D eigenvalue weighted by molar-refractivity contribution is -0.147. The van der Waals surface area contributed by atoms with Crippen LogP contribution in [0, 0.1) is 19.8 Å². The molecule has 0 bridgehead atoms. The van der Waals surface area contributed by atoms with Crippen molar-refractivity contribution in [2.75, 3.05) is 7.11 Å². The van der Waals surface area contributed by atoms with Gasteiger partial charge in [0.1, 0.15) is 5.75 Å². The zero-order valence-corrected chi connectivity index (χ0v) is 16.4. The maximum Gasteiger partial charge on any atom is 0.308 e. The van der Waals surface area contributed by atoms with Crippen LogP contribution in [0.15, 0.2) is 18.2 Å². The lowest BCUT2D eigenvalue weighted by Gasteiger charge is -2.28. The molecule has 0 unspecified atom stereocenters. The van der Waals surface area contributed by atoms with Gasteiger partial charge in [0.15, 0.2) is 0 Å². The predicted molar refractivity (Wildman–Crippen MR) is 103 cm³/mol. The summed E-state index contributed by atoms with van der Waals surface area (Å²) in [6.07, 6.45) is 3.54. The summed E-state index contributed by atoms with van der Waals surface area (Å²) in [5, 5.41) is 0. The number of ether oxygens (including phenoxy) is 2. The van der Waals surface area contributed by atoms with Crippen LogP contribution in [0.2, 0.25) is 0 Å². The van der Waals surface area contributed by atoms with Crippen molar-refractivity contribution < 1.29 is 14.3 Å². The molecule has 0 radical (unpaired) electrons. The second kappa shape index (κ2) is 8.18. The molecule has 2 heterocycles. The molecule has 6 heteroatoms. The third kappa shape index (κ3) is 4.07. The number of rotatable bonds is 5. The Kier molecular flexibility index (Phi) is 5.94. The third-order valence-corrected chi connectivity index (χ3v) is 5.99. The summed E-state index contributed by atoms with van der Waals surface area (Å²) in [6, 6.07) is 6.10. The van der Waals surface area contributed by atoms with Crippen molar-refractivity contribution >= 4 is 17.3 Å². The number of nitrogens with zero attached hydrogens (tertiary/aromatic N) is 1. The van der Waals surface area contributed by atoms with Crippen LogP contribution in [0.3, 0.4) is 0 Å². The van der Waals surface area contributed by atoms with Gasteiger partial charge in [0.05, 0.1) is 35.4 Å². The number of aryl methyl sites for hydroxylation is 2. The Morgan fingerprint density at radius 3 is 2.85 bits per heavy atom. The number of esters is 1. The van der Waals surface area contributed by atoms with Crippen LogP contribution in [0.4, 0.5) is 0 Å². The van der Waals surface area contributed by atoms with Gasteiger partial charge in [-0.05, 0) is 63.3 Å². The lowest BCUT2D eigenvalue weighted by Crippen LogP contribution is -2.30. The zero-order valence-electron chi connectivity index (χ0n) is 15.6. The molecule has 3 rings (SSSR count). The summed E-state index contributed by atoms with van der Waals surface area (Å²) in [7, 11) is 1.45. The number of pyridine rings is 1. The molecule has 0 amide bonds. The molecule has 1 aliphatic carbocycles. The second-order valence-corrected chi connectivity index (χ2v) is 8.08. The maximum atomic E-state index is 11.8. The molecule has 2 N–H and O–H groups in total. The molecule has 1 fully saturated rings. The lowest BCUT2D eigenvalue weighted by atomic mass is 9.87. The van der Waals surface area contributed by atoms with E-state index in [-0.39, 0.29) is 18.0 Å². The average Bonchev–Trinajstić information content (AvgIpc) is 3.04. The normalized spacial score (nSPS) is 20.0. The number of thiophene rings is 1. The fraction of sp³-hybridized carbons (Fsp3) is 0.500. The Morgan fingerprint density at radius 1 is 1.35 bits per heavy atom. The first-order chi connectivity index (χ1) is 12.5. The molecule has 26 heavy (non-hydrogen) atoms. The molecule has 2 aromatic heterocycles. The minimum Gasteiger partial charge on any atom is -0.489 e. The molecular formula is C20H26N2O3S. The van der Waals surface area contributed by atoms with Gasteiger partial charge < -0.3 is 15.2 Å². The van der Waals surface area contributed by atoms with E-state index < -0.39 is 0 Å². The van der Waals surface area contributed by atoms with Gasteiger partial charge in [0, 0.05) is 11.4 Å². The number of carbonyl (C=O) groups is 1. The van der Waals surface area contributed by atoms with E-state index in [1.165, 1.54) is 12.0 Å². The molecule has 5 nitrogen and oxygen atoms in total. The maximum absolute atomic E-state index is 11.8. The van der Waals surface area contributed by atoms with Crippen LogP contribution in [0.25, 0.3) is 10.6 Å². The summed E-state index contributed by atoms with van der Waals surface area (Å²) >= 11 is 1.71. The third-order valence-electron chi connectivity index (χ3n) is 4.88. The number of hydrogen-bond acceptors (Lipinski definition) is 6. The highest BCUT2D eigenvalue weighted by Crippen LogP contribution is 2.34. The van der Waals surface area contributed by atoms with Gasteiger partial charge in [-0.2, -0.15) is 0 Å². The van der Waals surface area contributed by atoms with Gasteiger partial charge in [0.25, 0.3) is 0 Å². The SMILES string of the molecule is COC(=O)[C@H]1CCC[C@H](Oc2ccc(-c3sc(C)cc3CN)nc2C)C1. The van der Waals surface area contributed by atoms with Crippen molar-refractivity contribution in [2.45, 2.75) is 52.2 Å². The topological polar surface area (TPSA) is 74.4 Å². The molecule has 0 spiro atoms. The fourth-order valence-corrected chi connectivity index (χ4v) is 4.56. The van der Waals surface area contributed by atoms with Gasteiger partial charge >= 0.3 is 5.97 Å². The van der Waals surface area contributed by atoms with Gasteiger partial charge in [0.2, 0.25) is 0 Å². The first-order valence-electron chi connectivity index (χ1n) is 9.03. The summed E-state index contributed by atoms with van der Waals surface area (Å²) in [4.78, 5) is 18.9. The molecule has 2 aromatic rings. The number of aromatic nitrogens is 1. The van der Waals surface area contributed by atoms with E-state index >= 15 is 0 Å². The van der Waals surface area contributed by atoms with Crippen LogP contribution >= 0.6 is 11.3 Å². The number of nitrogens with two attached hydrogens (primary N) is 1. The van der Waals surface area contributed by atoms with Crippen LogP contribution in [-0.2, 0) is 16.1 Å². The van der Waals surface area contributed by atoms with Crippen molar-refractivity contribution in [2.24, 2.45) is 11.7 Å². The molecule has 0 aromatic carbocycles. The van der Waals surface area contributed by atoms with E-state index in [0.717, 1.165) is 46.8 Å². The molecule has 2 atom stereocenters. The minimum absolute atomic E-state index is 0.0304. The molecule has 0 aliphatic heterocycles. The Hall–Kier alpha value is -1.92. The Bertz CT molecular complexity index is 787. The molecule has 1 saturated carbocycles. The van der Waals surface area contributed by atoms with Crippen molar-refractivity contribution in [3.8, 4) is 16.3 Å². The predicted octanol–water partition coefficient (Wildman–Crippen LogP) is 4.00. The summed E-state index contributed by atoms with van der Waals surface area (Å²) in [5.41, 5.74) is 8.78. The van der Waals surface area contributed by atoms with Crippen LogP contribution < -0.4 is 10.5 Å². The standard InChI is InChI=1S/C20H26N2O3S/c1-12-9-15(11-21)19(26-12)17-7-8-18(13(2)22-17)25-16-6-4-5-14(10-16)20(23)24-3/h7-9,14,16H,4-6,10-11,21H2,1-3H3/t14-,16-/m0/s1. The molecule has 0 saturated heterocycles. The van der Waals surface area contributed by atoms with Gasteiger partial charge in [-0.25, -0.2) is 4.98 Å². The van der Waals surface area contributed by atoms with E-state index in [1.54, 1.807) is 11.3 Å². The molecular weight excluding hydrogens is 348 g/mol. The van der Waals surface area contributed by atoms with Crippen LogP contribution in [0.5, 0.6) is 5.75 Å². The van der Waals surface area contributed by atoms with E-state index in [0.29, 0.717) is 13.0 Å². The highest BCUT2D eigenvalue weighted by molar-refractivity contribution is 7.15. The highest BCUT2D eigenvalue weighted by Gasteiger charge is 2.29. The van der Waals surface area contributed by atoms with E-state index in [2.05, 4.69) is 13.0 Å². The van der Waals surface area contributed by atoms with Gasteiger partial charge in [-0.3, -0.25) is 4.79 Å². The fourth-order valence-electron chi connectivity index (χ4n) is 3.55. The monoisotopic (exact) mass is 374 g/mol. The molecule has 140 valence electrons. The Balaban J connectivity index is 1.75. The first-order valence-corrected chi connectivity index (χ1v) is 9.85. The Morgan fingerprint density at radius 2 is 2.15 bits per heavy atom. The van der Waals surface area contributed by atoms with Crippen molar-refractivity contribution in [3.63, 3.8) is 0 Å². The summed E-state index contributed by atoms with van der Waals surface area (Å²) in [6.45, 7) is 4.55. The minimum atomic E-state index is -0.133. The first kappa shape index (κ1) is 18.9. The van der Waals surface area contributed by atoms with Gasteiger partial charge in [-0.1, -0.05) is 0 Å². The van der Waals surface area contributed by atoms with Crippen LogP contribution in [0.1, 0.15) is 41.8 Å². The second-order valence-electron chi connectivity index (χ2n) is 6.82. The van der Waals surface area contributed by atoms with Gasteiger partial charge in [-0.15, -0.1) is 11.3 Å². The largest absolute Gasteiger partial charge is 0.489 e. The zero-order chi connectivity index (χ0) is 18.7. The van der Waals surface area contributed by atoms with Crippen LogP contribution in [-0.4, -0.2) is 24.2 Å². The summed E-state index contributed by atoms with van der Waals surface area (Å²) in [5.74, 6) is 0.588. The van der Waals surface area contributed by atoms with Crippen molar-refractivity contribution in [1.29, 1.82) is 0 Å². The summed E-state index contributed by atoms with van der Waals surface area (Å²) < 4.78 is 11.1. The van der Waals surface area contributed by atoms with E-state index in [9.17, 15) is 4.79 Å². The number of carbonyl (C=O) groups excluding carboxylic acids is 1. The van der Waals surface area contributed by atoms with E-state index in [4.69, 9.17) is 20.2 Å². The van der Waals surface area contributed by atoms with Crippen molar-refractivity contribution in [1.82, 2.24) is 4.98 Å². The number of methoxy groups -OCH3 is 1. The van der Waals surface area contributed by atoms with E-state index in [1.807, 2.05) is 19.1 Å². The smallest absolute Gasteiger partial charge is 0.308 e. The number of hydrogen-bond donors (Lipinski definition) is 1. The van der Waals surface area contributed by atoms with Crippen molar-refractivity contribution in [3.05, 3.63) is 34.3 Å². The Labute approximate surface area is 158 Å². The quantitative estimate of drug-likeness (QED) is 0.801. The average molecular weight is 375 g/mol. The highest BCUT2D eigenvalue weighted by atomic mass is 32.1.